The Bertz CT molecular complexity index is 342. The molecule has 1 aromatic carbocycles. The number of rotatable bonds is 1. The molecule has 0 bridgehead atoms. The Kier molecular flexibility index (Phi) is 2.47. The molecule has 2 heterocycles. The van der Waals surface area contributed by atoms with E-state index in [1.165, 1.54) is 37.1 Å². The second-order valence-electron chi connectivity index (χ2n) is 4.30. The lowest BCUT2D eigenvalue weighted by Crippen LogP contribution is -2.42. The molecule has 0 saturated carbocycles. The molecular weight excluding hydrogens is 184 g/mol. The average Bonchev–Trinajstić information content (AvgIpc) is 2.82. The van der Waals surface area contributed by atoms with Gasteiger partial charge < -0.3 is 0 Å². The van der Waals surface area contributed by atoms with Gasteiger partial charge in [0.1, 0.15) is 6.54 Å². The molecule has 0 spiro atoms. The van der Waals surface area contributed by atoms with E-state index < -0.39 is 0 Å². The van der Waals surface area contributed by atoms with E-state index in [0.29, 0.717) is 0 Å². The van der Waals surface area contributed by atoms with Gasteiger partial charge >= 0.3 is 0 Å². The van der Waals surface area contributed by atoms with Crippen molar-refractivity contribution in [3.63, 3.8) is 0 Å². The van der Waals surface area contributed by atoms with E-state index in [1.807, 2.05) is 0 Å². The van der Waals surface area contributed by atoms with E-state index >= 15 is 0 Å². The molecule has 0 amide bonds. The van der Waals surface area contributed by atoms with Crippen LogP contribution in [0.25, 0.3) is 0 Å². The normalized spacial score (nSPS) is 22.9. The summed E-state index contributed by atoms with van der Waals surface area (Å²) < 4.78 is 0. The molecule has 1 fully saturated rings. The summed E-state index contributed by atoms with van der Waals surface area (Å²) in [6.07, 6.45) is 3.82. The molecule has 0 atom stereocenters. The van der Waals surface area contributed by atoms with Crippen molar-refractivity contribution < 1.29 is 0 Å². The van der Waals surface area contributed by atoms with Crippen LogP contribution in [0.4, 0.5) is 0 Å². The Hall–Kier alpha value is -0.860. The van der Waals surface area contributed by atoms with Crippen molar-refractivity contribution in [2.75, 3.05) is 19.6 Å². The maximum Gasteiger partial charge on any atom is 0.113 e. The third-order valence-electron chi connectivity index (χ3n) is 3.28. The zero-order valence-corrected chi connectivity index (χ0v) is 8.95. The van der Waals surface area contributed by atoms with Crippen LogP contribution in [0.1, 0.15) is 24.0 Å². The van der Waals surface area contributed by atoms with Gasteiger partial charge in [0.25, 0.3) is 0 Å². The highest BCUT2D eigenvalue weighted by atomic mass is 15.6. The molecule has 0 aliphatic carbocycles. The highest BCUT2D eigenvalue weighted by Crippen LogP contribution is 2.23. The molecule has 0 aromatic heterocycles. The van der Waals surface area contributed by atoms with Gasteiger partial charge in [-0.1, -0.05) is 24.3 Å². The molecule has 1 aromatic rings. The number of benzene rings is 1. The summed E-state index contributed by atoms with van der Waals surface area (Å²) in [5, 5.41) is 4.71. The summed E-state index contributed by atoms with van der Waals surface area (Å²) in [6.45, 7) is 7.00. The summed E-state index contributed by atoms with van der Waals surface area (Å²) in [6, 6.07) is 8.59. The second kappa shape index (κ2) is 3.95. The predicted octanol–water partition coefficient (Wildman–Crippen LogP) is 1.94. The zero-order chi connectivity index (χ0) is 10.1. The van der Waals surface area contributed by atoms with Crippen molar-refractivity contribution in [2.45, 2.75) is 19.3 Å². The molecular formula is C13H16N2. The van der Waals surface area contributed by atoms with Gasteiger partial charge in [-0.2, -0.15) is 0 Å². The van der Waals surface area contributed by atoms with Gasteiger partial charge in [0, 0.05) is 19.6 Å². The Morgan fingerprint density at radius 1 is 1.00 bits per heavy atom. The van der Waals surface area contributed by atoms with E-state index in [0.717, 1.165) is 13.0 Å². The number of hydrogen-bond donors (Lipinski definition) is 0. The van der Waals surface area contributed by atoms with Crippen molar-refractivity contribution in [1.82, 2.24) is 10.0 Å². The van der Waals surface area contributed by atoms with Crippen LogP contribution < -0.4 is 0 Å². The molecule has 2 aliphatic heterocycles. The maximum absolute atomic E-state index is 3.50. The minimum Gasteiger partial charge on any atom is -0.241 e. The highest BCUT2D eigenvalue weighted by molar-refractivity contribution is 5.34. The van der Waals surface area contributed by atoms with Gasteiger partial charge in [-0.25, -0.2) is 10.0 Å². The van der Waals surface area contributed by atoms with E-state index in [1.54, 1.807) is 0 Å². The summed E-state index contributed by atoms with van der Waals surface area (Å²) in [7, 11) is 0. The topological polar surface area (TPSA) is 6.48 Å². The highest BCUT2D eigenvalue weighted by Gasteiger charge is 2.24. The van der Waals surface area contributed by atoms with Crippen molar-refractivity contribution in [3.05, 3.63) is 41.9 Å². The third kappa shape index (κ3) is 1.80. The van der Waals surface area contributed by atoms with Crippen molar-refractivity contribution >= 4 is 0 Å². The predicted molar refractivity (Wildman–Crippen MR) is 60.0 cm³/mol. The van der Waals surface area contributed by atoms with Crippen molar-refractivity contribution in [2.24, 2.45) is 0 Å². The Balaban J connectivity index is 1.76. The number of fused-ring (bicyclic) bond motifs is 1. The van der Waals surface area contributed by atoms with Crippen LogP contribution in [0.3, 0.4) is 0 Å². The Morgan fingerprint density at radius 3 is 2.67 bits per heavy atom. The molecule has 2 heteroatoms. The molecule has 2 radical (unpaired) electrons. The summed E-state index contributed by atoms with van der Waals surface area (Å²) in [5.41, 5.74) is 2.71. The molecule has 2 aliphatic rings. The van der Waals surface area contributed by atoms with Gasteiger partial charge in [-0.05, 0) is 30.4 Å². The molecule has 0 unspecified atom stereocenters. The lowest BCUT2D eigenvalue weighted by atomic mass is 10.0. The van der Waals surface area contributed by atoms with E-state index in [2.05, 4.69) is 40.8 Å². The van der Waals surface area contributed by atoms with Gasteiger partial charge in [-0.15, -0.1) is 0 Å². The Morgan fingerprint density at radius 2 is 1.80 bits per heavy atom. The molecule has 78 valence electrons. The number of hydrogen-bond acceptors (Lipinski definition) is 2. The largest absolute Gasteiger partial charge is 0.241 e. The van der Waals surface area contributed by atoms with Crippen LogP contribution in [0.5, 0.6) is 0 Å². The van der Waals surface area contributed by atoms with Gasteiger partial charge in [0.2, 0.25) is 0 Å². The fourth-order valence-corrected chi connectivity index (χ4v) is 2.42. The first-order valence-electron chi connectivity index (χ1n) is 5.80. The third-order valence-corrected chi connectivity index (χ3v) is 3.28. The van der Waals surface area contributed by atoms with Gasteiger partial charge in [-0.3, -0.25) is 0 Å². The number of nitrogens with zero attached hydrogens (tertiary/aromatic N) is 2. The SMILES string of the molecule is [C]1c2ccccc2CCN1N1CCCC1. The minimum absolute atomic E-state index is 1.09. The lowest BCUT2D eigenvalue weighted by molar-refractivity contribution is 0.0289. The Labute approximate surface area is 91.5 Å². The monoisotopic (exact) mass is 200 g/mol. The van der Waals surface area contributed by atoms with E-state index in [9.17, 15) is 0 Å². The van der Waals surface area contributed by atoms with Crippen LogP contribution in [0.2, 0.25) is 0 Å². The number of hydrazine groups is 1. The lowest BCUT2D eigenvalue weighted by Gasteiger charge is -2.34. The standard InChI is InChI=1S/C13H16N2/c1-2-6-13-11-15(10-7-12(13)5-1)14-8-3-4-9-14/h1-2,5-6H,3-4,7-10H2. The average molecular weight is 200 g/mol. The smallest absolute Gasteiger partial charge is 0.113 e. The molecule has 3 rings (SSSR count). The van der Waals surface area contributed by atoms with Gasteiger partial charge in [0.15, 0.2) is 0 Å². The summed E-state index contributed by atoms with van der Waals surface area (Å²) in [5.74, 6) is 0. The second-order valence-corrected chi connectivity index (χ2v) is 4.30. The van der Waals surface area contributed by atoms with Gasteiger partial charge in [0.05, 0.1) is 0 Å². The quantitative estimate of drug-likeness (QED) is 0.683. The zero-order valence-electron chi connectivity index (χ0n) is 8.95. The van der Waals surface area contributed by atoms with Crippen LogP contribution in [0, 0.1) is 6.54 Å². The molecule has 0 N–H and O–H groups in total. The first-order valence-corrected chi connectivity index (χ1v) is 5.80. The van der Waals surface area contributed by atoms with Crippen LogP contribution in [-0.4, -0.2) is 29.7 Å². The van der Waals surface area contributed by atoms with Crippen molar-refractivity contribution in [3.8, 4) is 0 Å². The summed E-state index contributed by atoms with van der Waals surface area (Å²) in [4.78, 5) is 0. The molecule has 15 heavy (non-hydrogen) atoms. The first-order chi connectivity index (χ1) is 7.43. The fraction of sp³-hybridized carbons (Fsp3) is 0.462. The molecule has 1 saturated heterocycles. The van der Waals surface area contributed by atoms with Crippen LogP contribution in [0.15, 0.2) is 24.3 Å². The minimum atomic E-state index is 1.09. The first kappa shape index (κ1) is 9.37. The van der Waals surface area contributed by atoms with E-state index in [4.69, 9.17) is 0 Å². The van der Waals surface area contributed by atoms with Crippen LogP contribution in [-0.2, 0) is 6.42 Å². The fourth-order valence-electron chi connectivity index (χ4n) is 2.42. The van der Waals surface area contributed by atoms with Crippen molar-refractivity contribution in [1.29, 1.82) is 0 Å². The molecule has 2 nitrogen and oxygen atoms in total. The summed E-state index contributed by atoms with van der Waals surface area (Å²) >= 11 is 0. The van der Waals surface area contributed by atoms with E-state index in [-0.39, 0.29) is 0 Å². The maximum atomic E-state index is 3.50. The van der Waals surface area contributed by atoms with Crippen LogP contribution >= 0.6 is 0 Å².